The van der Waals surface area contributed by atoms with Crippen molar-refractivity contribution in [2.75, 3.05) is 7.05 Å². The van der Waals surface area contributed by atoms with Gasteiger partial charge in [-0.3, -0.25) is 4.79 Å². The Balaban J connectivity index is 1.80. The zero-order valence-corrected chi connectivity index (χ0v) is 16.3. The van der Waals surface area contributed by atoms with Crippen LogP contribution in [-0.4, -0.2) is 12.0 Å². The van der Waals surface area contributed by atoms with Crippen LogP contribution in [0.2, 0.25) is 0 Å². The maximum atomic E-state index is 13.4. The number of H-pyrrole nitrogens is 1. The second kappa shape index (κ2) is 7.83. The van der Waals surface area contributed by atoms with Gasteiger partial charge < -0.3 is 9.88 Å². The average molecular weight is 369 g/mol. The van der Waals surface area contributed by atoms with E-state index in [2.05, 4.69) is 48.4 Å². The molecule has 0 amide bonds. The van der Waals surface area contributed by atoms with Crippen molar-refractivity contribution in [2.45, 2.75) is 20.0 Å². The SMILES string of the molecule is Cc1ccc2[nH]c(-c3ccccc3)c(C[NH+](C)Cc3ccccc3)c(=O)c2c1. The molecule has 0 aliphatic rings. The molecule has 140 valence electrons. The Bertz CT molecular complexity index is 1150. The molecule has 3 aromatic carbocycles. The van der Waals surface area contributed by atoms with Crippen LogP contribution in [0.4, 0.5) is 0 Å². The van der Waals surface area contributed by atoms with Crippen molar-refractivity contribution in [3.05, 3.63) is 106 Å². The largest absolute Gasteiger partial charge is 0.354 e. The van der Waals surface area contributed by atoms with E-state index in [9.17, 15) is 4.79 Å². The quantitative estimate of drug-likeness (QED) is 0.553. The molecule has 0 saturated carbocycles. The van der Waals surface area contributed by atoms with Crippen molar-refractivity contribution < 1.29 is 4.90 Å². The van der Waals surface area contributed by atoms with Gasteiger partial charge in [0.05, 0.1) is 18.3 Å². The van der Waals surface area contributed by atoms with Gasteiger partial charge in [0.1, 0.15) is 13.1 Å². The van der Waals surface area contributed by atoms with E-state index in [-0.39, 0.29) is 5.43 Å². The number of aromatic nitrogens is 1. The minimum Gasteiger partial charge on any atom is -0.354 e. The van der Waals surface area contributed by atoms with Gasteiger partial charge in [0.15, 0.2) is 5.43 Å². The van der Waals surface area contributed by atoms with E-state index >= 15 is 0 Å². The van der Waals surface area contributed by atoms with E-state index < -0.39 is 0 Å². The number of nitrogens with one attached hydrogen (secondary N) is 2. The van der Waals surface area contributed by atoms with Crippen LogP contribution in [0.15, 0.2) is 83.7 Å². The van der Waals surface area contributed by atoms with E-state index in [4.69, 9.17) is 0 Å². The zero-order chi connectivity index (χ0) is 19.5. The zero-order valence-electron chi connectivity index (χ0n) is 16.3. The smallest absolute Gasteiger partial charge is 0.198 e. The molecule has 0 radical (unpaired) electrons. The van der Waals surface area contributed by atoms with E-state index in [1.165, 1.54) is 10.5 Å². The fraction of sp³-hybridized carbons (Fsp3) is 0.160. The first-order chi connectivity index (χ1) is 13.6. The first-order valence-electron chi connectivity index (χ1n) is 9.68. The summed E-state index contributed by atoms with van der Waals surface area (Å²) < 4.78 is 0. The summed E-state index contributed by atoms with van der Waals surface area (Å²) >= 11 is 0. The number of aryl methyl sites for hydroxylation is 1. The number of pyridine rings is 1. The van der Waals surface area contributed by atoms with Crippen molar-refractivity contribution in [2.24, 2.45) is 0 Å². The third-order valence-electron chi connectivity index (χ3n) is 5.14. The lowest BCUT2D eigenvalue weighted by Gasteiger charge is -2.17. The molecule has 3 nitrogen and oxygen atoms in total. The van der Waals surface area contributed by atoms with Gasteiger partial charge in [-0.15, -0.1) is 0 Å². The molecule has 0 spiro atoms. The van der Waals surface area contributed by atoms with Gasteiger partial charge in [-0.05, 0) is 24.6 Å². The van der Waals surface area contributed by atoms with Crippen LogP contribution < -0.4 is 10.3 Å². The highest BCUT2D eigenvalue weighted by atomic mass is 16.1. The maximum absolute atomic E-state index is 13.4. The Hall–Kier alpha value is -3.17. The lowest BCUT2D eigenvalue weighted by Crippen LogP contribution is -3.06. The molecular formula is C25H25N2O+. The minimum atomic E-state index is 0.128. The summed E-state index contributed by atoms with van der Waals surface area (Å²) in [5.41, 5.74) is 6.20. The number of hydrogen-bond acceptors (Lipinski definition) is 1. The molecule has 1 unspecified atom stereocenters. The molecule has 28 heavy (non-hydrogen) atoms. The second-order valence-electron chi connectivity index (χ2n) is 7.52. The summed E-state index contributed by atoms with van der Waals surface area (Å²) in [7, 11) is 2.14. The Morgan fingerprint density at radius 2 is 1.54 bits per heavy atom. The van der Waals surface area contributed by atoms with E-state index in [1.54, 1.807) is 0 Å². The van der Waals surface area contributed by atoms with Crippen LogP contribution in [0.1, 0.15) is 16.7 Å². The second-order valence-corrected chi connectivity index (χ2v) is 7.52. The monoisotopic (exact) mass is 369 g/mol. The van der Waals surface area contributed by atoms with Crippen molar-refractivity contribution >= 4 is 10.9 Å². The number of rotatable bonds is 5. The molecule has 4 rings (SSSR count). The van der Waals surface area contributed by atoms with Crippen LogP contribution in [0.5, 0.6) is 0 Å². The van der Waals surface area contributed by atoms with Crippen LogP contribution in [0.3, 0.4) is 0 Å². The van der Waals surface area contributed by atoms with E-state index in [1.807, 2.05) is 49.4 Å². The summed E-state index contributed by atoms with van der Waals surface area (Å²) in [6, 6.07) is 26.6. The van der Waals surface area contributed by atoms with Crippen LogP contribution in [0.25, 0.3) is 22.2 Å². The molecule has 2 N–H and O–H groups in total. The Morgan fingerprint density at radius 3 is 2.25 bits per heavy atom. The number of hydrogen-bond donors (Lipinski definition) is 2. The fourth-order valence-corrected chi connectivity index (χ4v) is 3.77. The molecule has 1 heterocycles. The molecule has 0 aliphatic carbocycles. The standard InChI is InChI=1S/C25H24N2O/c1-18-13-14-23-21(15-18)25(28)22(24(26-23)20-11-7-4-8-12-20)17-27(2)16-19-9-5-3-6-10-19/h3-15H,16-17H2,1-2H3,(H,26,28)/p+1. The minimum absolute atomic E-state index is 0.128. The van der Waals surface area contributed by atoms with Gasteiger partial charge in [0.25, 0.3) is 0 Å². The molecule has 0 bridgehead atoms. The van der Waals surface area contributed by atoms with Gasteiger partial charge in [-0.25, -0.2) is 0 Å². The van der Waals surface area contributed by atoms with Crippen LogP contribution in [0, 0.1) is 6.92 Å². The summed E-state index contributed by atoms with van der Waals surface area (Å²) in [6.07, 6.45) is 0. The number of fused-ring (bicyclic) bond motifs is 1. The summed E-state index contributed by atoms with van der Waals surface area (Å²) in [5, 5.41) is 0.766. The topological polar surface area (TPSA) is 37.3 Å². The van der Waals surface area contributed by atoms with Gasteiger partial charge >= 0.3 is 0 Å². The lowest BCUT2D eigenvalue weighted by atomic mass is 10.0. The van der Waals surface area contributed by atoms with Crippen LogP contribution >= 0.6 is 0 Å². The molecule has 1 atom stereocenters. The first-order valence-corrected chi connectivity index (χ1v) is 9.68. The number of aromatic amines is 1. The molecule has 1 aromatic heterocycles. The molecule has 4 aromatic rings. The van der Waals surface area contributed by atoms with Gasteiger partial charge in [-0.1, -0.05) is 72.3 Å². The highest BCUT2D eigenvalue weighted by Crippen LogP contribution is 2.22. The Morgan fingerprint density at radius 1 is 0.857 bits per heavy atom. The van der Waals surface area contributed by atoms with Gasteiger partial charge in [0.2, 0.25) is 0 Å². The van der Waals surface area contributed by atoms with E-state index in [0.717, 1.165) is 39.8 Å². The van der Waals surface area contributed by atoms with Crippen molar-refractivity contribution in [1.82, 2.24) is 4.98 Å². The summed E-state index contributed by atoms with van der Waals surface area (Å²) in [4.78, 5) is 18.2. The van der Waals surface area contributed by atoms with Crippen LogP contribution in [-0.2, 0) is 13.1 Å². The highest BCUT2D eigenvalue weighted by Gasteiger charge is 2.17. The van der Waals surface area contributed by atoms with Crippen molar-refractivity contribution in [3.63, 3.8) is 0 Å². The first kappa shape index (κ1) is 18.2. The predicted octanol–water partition coefficient (Wildman–Crippen LogP) is 3.72. The molecule has 0 fully saturated rings. The van der Waals surface area contributed by atoms with E-state index in [0.29, 0.717) is 6.54 Å². The summed E-state index contributed by atoms with van der Waals surface area (Å²) in [6.45, 7) is 3.56. The predicted molar refractivity (Wildman–Crippen MR) is 115 cm³/mol. The maximum Gasteiger partial charge on any atom is 0.198 e. The number of benzene rings is 3. The molecular weight excluding hydrogens is 344 g/mol. The van der Waals surface area contributed by atoms with Crippen molar-refractivity contribution in [1.29, 1.82) is 0 Å². The highest BCUT2D eigenvalue weighted by molar-refractivity contribution is 5.83. The normalized spacial score (nSPS) is 12.2. The number of quaternary nitrogens is 1. The Kier molecular flexibility index (Phi) is 5.09. The van der Waals surface area contributed by atoms with Gasteiger partial charge in [-0.2, -0.15) is 0 Å². The molecule has 3 heteroatoms. The van der Waals surface area contributed by atoms with Gasteiger partial charge in [0, 0.05) is 16.5 Å². The average Bonchev–Trinajstić information content (AvgIpc) is 2.72. The third kappa shape index (κ3) is 3.75. The molecule has 0 saturated heterocycles. The lowest BCUT2D eigenvalue weighted by molar-refractivity contribution is -0.907. The molecule has 0 aliphatic heterocycles. The Labute approximate surface area is 165 Å². The fourth-order valence-electron chi connectivity index (χ4n) is 3.77. The van der Waals surface area contributed by atoms with Crippen molar-refractivity contribution in [3.8, 4) is 11.3 Å². The summed E-state index contributed by atoms with van der Waals surface area (Å²) in [5.74, 6) is 0. The third-order valence-corrected chi connectivity index (χ3v) is 5.14.